The summed E-state index contributed by atoms with van der Waals surface area (Å²) in [6.07, 6.45) is 0. The molecule has 14 heavy (non-hydrogen) atoms. The second-order valence-electron chi connectivity index (χ2n) is 4.87. The highest BCUT2D eigenvalue weighted by Crippen LogP contribution is 2.16. The van der Waals surface area contributed by atoms with Crippen molar-refractivity contribution >= 4 is 5.97 Å². The second kappa shape index (κ2) is 4.28. The van der Waals surface area contributed by atoms with Crippen LogP contribution in [0.15, 0.2) is 0 Å². The van der Waals surface area contributed by atoms with Crippen molar-refractivity contribution < 1.29 is 9.63 Å². The van der Waals surface area contributed by atoms with Gasteiger partial charge in [0.05, 0.1) is 12.0 Å². The molecule has 4 nitrogen and oxygen atoms in total. The molecule has 1 fully saturated rings. The number of nitrogens with zero attached hydrogens (tertiary/aromatic N) is 1. The Morgan fingerprint density at radius 3 is 2.64 bits per heavy atom. The Bertz CT molecular complexity index is 211. The van der Waals surface area contributed by atoms with Crippen LogP contribution >= 0.6 is 0 Å². The third-order valence-electron chi connectivity index (χ3n) is 2.16. The molecule has 1 heterocycles. The highest BCUT2D eigenvalue weighted by Gasteiger charge is 2.27. The molecule has 1 rings (SSSR count). The summed E-state index contributed by atoms with van der Waals surface area (Å²) < 4.78 is 0. The first kappa shape index (κ1) is 11.5. The van der Waals surface area contributed by atoms with Crippen LogP contribution in [0.25, 0.3) is 0 Å². The van der Waals surface area contributed by atoms with Gasteiger partial charge in [0.15, 0.2) is 0 Å². The van der Waals surface area contributed by atoms with Crippen LogP contribution in [-0.2, 0) is 9.63 Å². The Morgan fingerprint density at radius 1 is 1.50 bits per heavy atom. The first-order chi connectivity index (χ1) is 6.39. The summed E-state index contributed by atoms with van der Waals surface area (Å²) in [6, 6.07) is 0.386. The Kier molecular flexibility index (Phi) is 3.50. The molecule has 0 saturated carbocycles. The largest absolute Gasteiger partial charge is 0.367 e. The van der Waals surface area contributed by atoms with Crippen molar-refractivity contribution in [2.75, 3.05) is 19.6 Å². The maximum absolute atomic E-state index is 11.6. The van der Waals surface area contributed by atoms with Crippen molar-refractivity contribution in [2.24, 2.45) is 5.41 Å². The number of nitrogens with one attached hydrogen (secondary N) is 1. The van der Waals surface area contributed by atoms with Crippen LogP contribution in [0.4, 0.5) is 0 Å². The Balaban J connectivity index is 2.40. The fraction of sp³-hybridized carbons (Fsp3) is 0.900. The monoisotopic (exact) mass is 200 g/mol. The third-order valence-corrected chi connectivity index (χ3v) is 2.16. The number of rotatable bonds is 1. The van der Waals surface area contributed by atoms with Gasteiger partial charge in [-0.2, -0.15) is 0 Å². The van der Waals surface area contributed by atoms with Crippen LogP contribution in [0.5, 0.6) is 0 Å². The molecule has 0 unspecified atom stereocenters. The zero-order valence-electron chi connectivity index (χ0n) is 9.46. The summed E-state index contributed by atoms with van der Waals surface area (Å²) >= 11 is 0. The fourth-order valence-electron chi connectivity index (χ4n) is 1.23. The van der Waals surface area contributed by atoms with Crippen LogP contribution in [0.1, 0.15) is 27.7 Å². The number of hydrogen-bond acceptors (Lipinski definition) is 4. The molecule has 1 saturated heterocycles. The quantitative estimate of drug-likeness (QED) is 0.679. The summed E-state index contributed by atoms with van der Waals surface area (Å²) in [4.78, 5) is 16.8. The molecule has 0 aromatic heterocycles. The number of carbonyl (C=O) groups is 1. The van der Waals surface area contributed by atoms with E-state index >= 15 is 0 Å². The summed E-state index contributed by atoms with van der Waals surface area (Å²) in [7, 11) is 0. The minimum Gasteiger partial charge on any atom is -0.367 e. The van der Waals surface area contributed by atoms with Crippen molar-refractivity contribution in [2.45, 2.75) is 33.7 Å². The van der Waals surface area contributed by atoms with Crippen molar-refractivity contribution in [3.63, 3.8) is 0 Å². The molecule has 1 aliphatic heterocycles. The predicted octanol–water partition coefficient (Wildman–Crippen LogP) is 0.784. The summed E-state index contributed by atoms with van der Waals surface area (Å²) in [6.45, 7) is 10.1. The SMILES string of the molecule is C[C@H]1CN(OC(=O)C(C)(C)C)CCN1. The lowest BCUT2D eigenvalue weighted by Crippen LogP contribution is -2.50. The van der Waals surface area contributed by atoms with Gasteiger partial charge in [0, 0.05) is 19.1 Å². The Labute approximate surface area is 85.6 Å². The van der Waals surface area contributed by atoms with Gasteiger partial charge in [0.25, 0.3) is 0 Å². The molecule has 1 atom stereocenters. The molecular formula is C10H20N2O2. The third kappa shape index (κ3) is 3.27. The van der Waals surface area contributed by atoms with Crippen molar-refractivity contribution in [3.8, 4) is 0 Å². The molecular weight excluding hydrogens is 180 g/mol. The van der Waals surface area contributed by atoms with Gasteiger partial charge < -0.3 is 10.2 Å². The van der Waals surface area contributed by atoms with Crippen LogP contribution in [0.3, 0.4) is 0 Å². The number of hydroxylamine groups is 2. The first-order valence-electron chi connectivity index (χ1n) is 5.10. The van der Waals surface area contributed by atoms with Gasteiger partial charge in [0.1, 0.15) is 0 Å². The lowest BCUT2D eigenvalue weighted by molar-refractivity contribution is -0.204. The molecule has 0 radical (unpaired) electrons. The van der Waals surface area contributed by atoms with Crippen LogP contribution < -0.4 is 5.32 Å². The predicted molar refractivity (Wildman–Crippen MR) is 54.6 cm³/mol. The van der Waals surface area contributed by atoms with Gasteiger partial charge >= 0.3 is 5.97 Å². The fourth-order valence-corrected chi connectivity index (χ4v) is 1.23. The van der Waals surface area contributed by atoms with E-state index in [1.165, 1.54) is 0 Å². The zero-order chi connectivity index (χ0) is 10.8. The van der Waals surface area contributed by atoms with Gasteiger partial charge in [-0.05, 0) is 27.7 Å². The van der Waals surface area contributed by atoms with E-state index < -0.39 is 5.41 Å². The Hall–Kier alpha value is -0.610. The normalized spacial score (nSPS) is 24.7. The molecule has 0 aliphatic carbocycles. The zero-order valence-corrected chi connectivity index (χ0v) is 9.46. The smallest absolute Gasteiger partial charge is 0.330 e. The summed E-state index contributed by atoms with van der Waals surface area (Å²) in [5.74, 6) is -0.161. The maximum Gasteiger partial charge on any atom is 0.330 e. The Morgan fingerprint density at radius 2 is 2.14 bits per heavy atom. The maximum atomic E-state index is 11.6. The van der Waals surface area contributed by atoms with E-state index in [0.29, 0.717) is 6.04 Å². The van der Waals surface area contributed by atoms with Crippen LogP contribution in [0, 0.1) is 5.41 Å². The molecule has 4 heteroatoms. The van der Waals surface area contributed by atoms with E-state index in [4.69, 9.17) is 4.84 Å². The topological polar surface area (TPSA) is 41.6 Å². The molecule has 0 aromatic carbocycles. The first-order valence-corrected chi connectivity index (χ1v) is 5.10. The summed E-state index contributed by atoms with van der Waals surface area (Å²) in [5.41, 5.74) is -0.423. The highest BCUT2D eigenvalue weighted by molar-refractivity contribution is 5.75. The summed E-state index contributed by atoms with van der Waals surface area (Å²) in [5, 5.41) is 5.04. The average Bonchev–Trinajstić information content (AvgIpc) is 2.02. The molecule has 0 amide bonds. The van der Waals surface area contributed by atoms with Gasteiger partial charge in [-0.25, -0.2) is 4.79 Å². The minimum absolute atomic E-state index is 0.161. The van der Waals surface area contributed by atoms with E-state index in [2.05, 4.69) is 12.2 Å². The molecule has 1 aliphatic rings. The molecule has 0 bridgehead atoms. The van der Waals surface area contributed by atoms with Crippen molar-refractivity contribution in [1.29, 1.82) is 0 Å². The van der Waals surface area contributed by atoms with E-state index in [1.54, 1.807) is 5.06 Å². The van der Waals surface area contributed by atoms with E-state index in [9.17, 15) is 4.79 Å². The van der Waals surface area contributed by atoms with Crippen molar-refractivity contribution in [1.82, 2.24) is 10.4 Å². The molecule has 1 N–H and O–H groups in total. The van der Waals surface area contributed by atoms with Gasteiger partial charge in [-0.15, -0.1) is 5.06 Å². The number of hydrogen-bond donors (Lipinski definition) is 1. The molecule has 0 spiro atoms. The molecule has 82 valence electrons. The second-order valence-corrected chi connectivity index (χ2v) is 4.87. The molecule has 0 aromatic rings. The van der Waals surface area contributed by atoms with Crippen LogP contribution in [-0.4, -0.2) is 36.7 Å². The van der Waals surface area contributed by atoms with Gasteiger partial charge in [0.2, 0.25) is 0 Å². The average molecular weight is 200 g/mol. The van der Waals surface area contributed by atoms with Gasteiger partial charge in [-0.3, -0.25) is 0 Å². The lowest BCUT2D eigenvalue weighted by atomic mass is 9.98. The highest BCUT2D eigenvalue weighted by atomic mass is 16.7. The number of piperazine rings is 1. The minimum atomic E-state index is -0.423. The lowest BCUT2D eigenvalue weighted by Gasteiger charge is -2.31. The van der Waals surface area contributed by atoms with Crippen molar-refractivity contribution in [3.05, 3.63) is 0 Å². The van der Waals surface area contributed by atoms with Crippen LogP contribution in [0.2, 0.25) is 0 Å². The van der Waals surface area contributed by atoms with E-state index in [1.807, 2.05) is 20.8 Å². The van der Waals surface area contributed by atoms with E-state index in [-0.39, 0.29) is 5.97 Å². The van der Waals surface area contributed by atoms with Gasteiger partial charge in [-0.1, -0.05) is 0 Å². The van der Waals surface area contributed by atoms with E-state index in [0.717, 1.165) is 19.6 Å². The number of carbonyl (C=O) groups excluding carboxylic acids is 1. The standard InChI is InChI=1S/C10H20N2O2/c1-8-7-12(6-5-11-8)14-9(13)10(2,3)4/h8,11H,5-7H2,1-4H3/t8-/m0/s1.